The van der Waals surface area contributed by atoms with Crippen LogP contribution < -0.4 is 0 Å². The van der Waals surface area contributed by atoms with Gasteiger partial charge in [0.1, 0.15) is 0 Å². The van der Waals surface area contributed by atoms with E-state index in [0.717, 1.165) is 33.0 Å². The van der Waals surface area contributed by atoms with Crippen LogP contribution in [0.3, 0.4) is 0 Å². The normalized spacial score (nSPS) is 11.6. The highest BCUT2D eigenvalue weighted by Gasteiger charge is 2.19. The third kappa shape index (κ3) is 5.32. The molecular weight excluding hydrogens is 679 g/mol. The van der Waals surface area contributed by atoms with Crippen molar-refractivity contribution in [3.05, 3.63) is 200 Å². The summed E-state index contributed by atoms with van der Waals surface area (Å²) in [6, 6.07) is 71.2. The van der Waals surface area contributed by atoms with Crippen LogP contribution in [0, 0.1) is 0 Å². The Balaban J connectivity index is 1.10. The molecule has 1 heterocycles. The van der Waals surface area contributed by atoms with E-state index in [9.17, 15) is 0 Å². The zero-order valence-electron chi connectivity index (χ0n) is 30.4. The van der Waals surface area contributed by atoms with Crippen LogP contribution in [0.25, 0.3) is 110 Å². The van der Waals surface area contributed by atoms with E-state index in [1.54, 1.807) is 0 Å². The van der Waals surface area contributed by atoms with Gasteiger partial charge in [0.25, 0.3) is 0 Å². The molecule has 0 N–H and O–H groups in total. The van der Waals surface area contributed by atoms with E-state index in [1.807, 2.05) is 18.2 Å². The van der Waals surface area contributed by atoms with Crippen LogP contribution in [-0.2, 0) is 0 Å². The van der Waals surface area contributed by atoms with Crippen molar-refractivity contribution in [2.75, 3.05) is 0 Å². The van der Waals surface area contributed by atoms with Gasteiger partial charge in [-0.2, -0.15) is 0 Å². The topological polar surface area (TPSA) is 38.7 Å². The molecule has 11 aromatic rings. The minimum Gasteiger partial charge on any atom is -0.208 e. The first-order chi connectivity index (χ1) is 27.8. The molecule has 0 radical (unpaired) electrons. The molecule has 11 rings (SSSR count). The van der Waals surface area contributed by atoms with Crippen molar-refractivity contribution in [2.45, 2.75) is 0 Å². The smallest absolute Gasteiger partial charge is 0.164 e. The highest BCUT2D eigenvalue weighted by molar-refractivity contribution is 6.23. The van der Waals surface area contributed by atoms with Crippen LogP contribution in [0.15, 0.2) is 200 Å². The molecule has 1 aromatic heterocycles. The lowest BCUT2D eigenvalue weighted by molar-refractivity contribution is 1.08. The van der Waals surface area contributed by atoms with Gasteiger partial charge >= 0.3 is 0 Å². The first-order valence-electron chi connectivity index (χ1n) is 19.0. The molecule has 0 fully saturated rings. The molecule has 56 heavy (non-hydrogen) atoms. The van der Waals surface area contributed by atoms with E-state index in [-0.39, 0.29) is 0 Å². The third-order valence-electron chi connectivity index (χ3n) is 11.1. The minimum absolute atomic E-state index is 0.637. The Morgan fingerprint density at radius 2 is 0.750 bits per heavy atom. The Hall–Kier alpha value is -7.49. The van der Waals surface area contributed by atoms with Gasteiger partial charge < -0.3 is 0 Å². The fraction of sp³-hybridized carbons (Fsp3) is 0. The molecule has 0 aliphatic carbocycles. The molecule has 0 atom stereocenters. The van der Waals surface area contributed by atoms with Crippen LogP contribution in [0.5, 0.6) is 0 Å². The van der Waals surface area contributed by atoms with E-state index in [0.29, 0.717) is 17.5 Å². The summed E-state index contributed by atoms with van der Waals surface area (Å²) in [5.41, 5.74) is 7.62. The van der Waals surface area contributed by atoms with Gasteiger partial charge in [0, 0.05) is 16.7 Å². The van der Waals surface area contributed by atoms with Crippen molar-refractivity contribution in [1.82, 2.24) is 15.0 Å². The summed E-state index contributed by atoms with van der Waals surface area (Å²) in [7, 11) is 0. The molecule has 0 aliphatic rings. The summed E-state index contributed by atoms with van der Waals surface area (Å²) in [5.74, 6) is 1.92. The average molecular weight is 712 g/mol. The molecule has 0 amide bonds. The average Bonchev–Trinajstić information content (AvgIpc) is 3.28. The number of fused-ring (bicyclic) bond motifs is 6. The Labute approximate surface area is 324 Å². The first-order valence-corrected chi connectivity index (χ1v) is 19.0. The standard InChI is InChI=1S/C53H33N3/c1-2-15-37(16-3-1)51-54-52(38-27-25-36(26-28-38)41-24-12-18-34-13-4-7-19-40(34)41)56-53(55-51)48-32-31-46(44-22-10-11-23-45(44)48)50-43-21-9-6-17-39(43)33-49-42-20-8-5-14-35(42)29-30-47(49)50/h1-33H. The summed E-state index contributed by atoms with van der Waals surface area (Å²) in [4.78, 5) is 15.4. The number of nitrogens with zero attached hydrogens (tertiary/aromatic N) is 3. The maximum Gasteiger partial charge on any atom is 0.164 e. The summed E-state index contributed by atoms with van der Waals surface area (Å²) in [6.45, 7) is 0. The largest absolute Gasteiger partial charge is 0.208 e. The van der Waals surface area contributed by atoms with Crippen molar-refractivity contribution in [3.8, 4) is 56.4 Å². The number of aromatic nitrogens is 3. The SMILES string of the molecule is c1ccc(-c2nc(-c3ccc(-c4cccc5ccccc45)cc3)nc(-c3ccc(-c4c5ccccc5cc5c4ccc4ccccc45)c4ccccc34)n2)cc1. The number of hydrogen-bond donors (Lipinski definition) is 0. The second-order valence-electron chi connectivity index (χ2n) is 14.3. The van der Waals surface area contributed by atoms with E-state index < -0.39 is 0 Å². The van der Waals surface area contributed by atoms with E-state index >= 15 is 0 Å². The van der Waals surface area contributed by atoms with Crippen LogP contribution in [-0.4, -0.2) is 15.0 Å². The van der Waals surface area contributed by atoms with Crippen molar-refractivity contribution in [2.24, 2.45) is 0 Å². The van der Waals surface area contributed by atoms with Gasteiger partial charge in [0.05, 0.1) is 0 Å². The van der Waals surface area contributed by atoms with Crippen molar-refractivity contribution < 1.29 is 0 Å². The molecule has 0 saturated carbocycles. The molecule has 0 aliphatic heterocycles. The minimum atomic E-state index is 0.637. The molecule has 0 unspecified atom stereocenters. The molecule has 10 aromatic carbocycles. The lowest BCUT2D eigenvalue weighted by atomic mass is 9.87. The van der Waals surface area contributed by atoms with Crippen molar-refractivity contribution >= 4 is 53.9 Å². The second kappa shape index (κ2) is 13.1. The molecule has 3 nitrogen and oxygen atoms in total. The summed E-state index contributed by atoms with van der Waals surface area (Å²) in [6.07, 6.45) is 0. The first kappa shape index (κ1) is 32.0. The van der Waals surface area contributed by atoms with Gasteiger partial charge in [-0.1, -0.05) is 188 Å². The van der Waals surface area contributed by atoms with Crippen molar-refractivity contribution in [3.63, 3.8) is 0 Å². The third-order valence-corrected chi connectivity index (χ3v) is 11.1. The van der Waals surface area contributed by atoms with Gasteiger partial charge in [-0.25, -0.2) is 15.0 Å². The zero-order valence-corrected chi connectivity index (χ0v) is 30.4. The summed E-state index contributed by atoms with van der Waals surface area (Å²) >= 11 is 0. The van der Waals surface area contributed by atoms with Crippen LogP contribution in [0.4, 0.5) is 0 Å². The molecule has 3 heteroatoms. The molecular formula is C53H33N3. The Kier molecular flexibility index (Phi) is 7.49. The summed E-state index contributed by atoms with van der Waals surface area (Å²) in [5, 5.41) is 12.1. The van der Waals surface area contributed by atoms with E-state index in [4.69, 9.17) is 15.0 Å². The van der Waals surface area contributed by atoms with E-state index in [1.165, 1.54) is 59.8 Å². The van der Waals surface area contributed by atoms with Gasteiger partial charge in [-0.15, -0.1) is 0 Å². The lowest BCUT2D eigenvalue weighted by Crippen LogP contribution is -2.01. The maximum atomic E-state index is 5.22. The van der Waals surface area contributed by atoms with Crippen LogP contribution >= 0.6 is 0 Å². The maximum absolute atomic E-state index is 5.22. The van der Waals surface area contributed by atoms with Crippen LogP contribution in [0.2, 0.25) is 0 Å². The monoisotopic (exact) mass is 711 g/mol. The Morgan fingerprint density at radius 1 is 0.232 bits per heavy atom. The fourth-order valence-electron chi connectivity index (χ4n) is 8.44. The zero-order chi connectivity index (χ0) is 37.0. The lowest BCUT2D eigenvalue weighted by Gasteiger charge is -2.17. The Bertz CT molecular complexity index is 3290. The highest BCUT2D eigenvalue weighted by Crippen LogP contribution is 2.43. The molecule has 0 spiro atoms. The molecule has 0 bridgehead atoms. The number of rotatable bonds is 5. The van der Waals surface area contributed by atoms with Gasteiger partial charge in [-0.3, -0.25) is 0 Å². The molecule has 0 saturated heterocycles. The predicted octanol–water partition coefficient (Wildman–Crippen LogP) is 14.0. The highest BCUT2D eigenvalue weighted by atomic mass is 15.0. The Morgan fingerprint density at radius 3 is 1.50 bits per heavy atom. The van der Waals surface area contributed by atoms with E-state index in [2.05, 4.69) is 182 Å². The number of benzene rings is 10. The van der Waals surface area contributed by atoms with Gasteiger partial charge in [0.15, 0.2) is 17.5 Å². The summed E-state index contributed by atoms with van der Waals surface area (Å²) < 4.78 is 0. The fourth-order valence-corrected chi connectivity index (χ4v) is 8.44. The molecule has 260 valence electrons. The predicted molar refractivity (Wildman–Crippen MR) is 235 cm³/mol. The van der Waals surface area contributed by atoms with Gasteiger partial charge in [-0.05, 0) is 88.2 Å². The quantitative estimate of drug-likeness (QED) is 0.132. The van der Waals surface area contributed by atoms with Crippen LogP contribution in [0.1, 0.15) is 0 Å². The van der Waals surface area contributed by atoms with Gasteiger partial charge in [0.2, 0.25) is 0 Å². The second-order valence-corrected chi connectivity index (χ2v) is 14.3. The number of hydrogen-bond acceptors (Lipinski definition) is 3. The van der Waals surface area contributed by atoms with Crippen molar-refractivity contribution in [1.29, 1.82) is 0 Å².